The molecule has 4 heteroatoms. The third-order valence-electron chi connectivity index (χ3n) is 5.02. The van der Waals surface area contributed by atoms with Gasteiger partial charge in [-0.15, -0.1) is 0 Å². The van der Waals surface area contributed by atoms with Crippen LogP contribution in [0.2, 0.25) is 0 Å². The van der Waals surface area contributed by atoms with E-state index < -0.39 is 9.84 Å². The fourth-order valence-electron chi connectivity index (χ4n) is 3.53. The number of sulfone groups is 1. The maximum absolute atomic E-state index is 11.7. The highest BCUT2D eigenvalue weighted by Gasteiger charge is 2.31. The van der Waals surface area contributed by atoms with E-state index in [4.69, 9.17) is 5.73 Å². The van der Waals surface area contributed by atoms with Crippen LogP contribution in [0.3, 0.4) is 0 Å². The van der Waals surface area contributed by atoms with Crippen LogP contribution in [0.4, 0.5) is 0 Å². The highest BCUT2D eigenvalue weighted by Crippen LogP contribution is 2.31. The summed E-state index contributed by atoms with van der Waals surface area (Å²) in [4.78, 5) is 0. The second-order valence-electron chi connectivity index (χ2n) is 6.95. The van der Waals surface area contributed by atoms with Crippen LogP contribution in [0, 0.1) is 5.92 Å². The van der Waals surface area contributed by atoms with Crippen molar-refractivity contribution in [3.05, 3.63) is 0 Å². The minimum Gasteiger partial charge on any atom is -0.327 e. The highest BCUT2D eigenvalue weighted by molar-refractivity contribution is 7.91. The van der Waals surface area contributed by atoms with Gasteiger partial charge in [0.1, 0.15) is 9.84 Å². The average Bonchev–Trinajstić information content (AvgIpc) is 2.45. The van der Waals surface area contributed by atoms with E-state index >= 15 is 0 Å². The summed E-state index contributed by atoms with van der Waals surface area (Å²) in [7, 11) is -2.89. The molecule has 1 fully saturated rings. The topological polar surface area (TPSA) is 60.2 Å². The highest BCUT2D eigenvalue weighted by atomic mass is 32.2. The number of unbranched alkanes of at least 4 members (excludes halogenated alkanes) is 6. The first kappa shape index (κ1) is 19.0. The summed E-state index contributed by atoms with van der Waals surface area (Å²) in [6, 6.07) is 0.199. The van der Waals surface area contributed by atoms with Gasteiger partial charge in [0.25, 0.3) is 0 Å². The lowest BCUT2D eigenvalue weighted by Gasteiger charge is -2.32. The molecule has 1 aliphatic rings. The van der Waals surface area contributed by atoms with E-state index in [-0.39, 0.29) is 11.3 Å². The second-order valence-corrected chi connectivity index (χ2v) is 9.28. The van der Waals surface area contributed by atoms with Crippen molar-refractivity contribution in [2.75, 3.05) is 6.26 Å². The molecule has 0 saturated heterocycles. The molecule has 1 rings (SSSR count). The first-order valence-corrected chi connectivity index (χ1v) is 10.8. The van der Waals surface area contributed by atoms with Crippen LogP contribution in [0.5, 0.6) is 0 Å². The monoisotopic (exact) mass is 317 g/mol. The average molecular weight is 318 g/mol. The van der Waals surface area contributed by atoms with Crippen molar-refractivity contribution in [1.29, 1.82) is 0 Å². The second kappa shape index (κ2) is 9.83. The van der Waals surface area contributed by atoms with Crippen LogP contribution in [-0.2, 0) is 9.84 Å². The first-order valence-electron chi connectivity index (χ1n) is 8.89. The van der Waals surface area contributed by atoms with Crippen LogP contribution in [-0.4, -0.2) is 26.0 Å². The lowest BCUT2D eigenvalue weighted by molar-refractivity contribution is 0.291. The molecular weight excluding hydrogens is 282 g/mol. The maximum Gasteiger partial charge on any atom is 0.150 e. The van der Waals surface area contributed by atoms with Crippen molar-refractivity contribution in [3.63, 3.8) is 0 Å². The fourth-order valence-corrected chi connectivity index (χ4v) is 4.72. The molecule has 0 amide bonds. The summed E-state index contributed by atoms with van der Waals surface area (Å²) in [5, 5.41) is -0.142. The number of rotatable bonds is 10. The number of hydrogen-bond donors (Lipinski definition) is 1. The molecule has 3 nitrogen and oxygen atoms in total. The van der Waals surface area contributed by atoms with Crippen LogP contribution in [0.1, 0.15) is 84.0 Å². The summed E-state index contributed by atoms with van der Waals surface area (Å²) in [6.45, 7) is 2.24. The van der Waals surface area contributed by atoms with E-state index in [1.54, 1.807) is 0 Å². The number of nitrogens with two attached hydrogens (primary N) is 1. The minimum atomic E-state index is -2.89. The Morgan fingerprint density at radius 2 is 1.67 bits per heavy atom. The molecule has 0 aliphatic heterocycles. The van der Waals surface area contributed by atoms with E-state index in [2.05, 4.69) is 6.92 Å². The van der Waals surface area contributed by atoms with Gasteiger partial charge >= 0.3 is 0 Å². The summed E-state index contributed by atoms with van der Waals surface area (Å²) >= 11 is 0. The van der Waals surface area contributed by atoms with Crippen LogP contribution < -0.4 is 5.73 Å². The molecule has 1 aliphatic carbocycles. The SMILES string of the molecule is CCCCCCCCCC(N)C1CCCC(S(C)(=O)=O)C1. The van der Waals surface area contributed by atoms with Gasteiger partial charge in [-0.25, -0.2) is 8.42 Å². The standard InChI is InChI=1S/C17H35NO2S/c1-3-4-5-6-7-8-9-13-17(18)15-11-10-12-16(14-15)21(2,19)20/h15-17H,3-14,18H2,1-2H3. The van der Waals surface area contributed by atoms with Gasteiger partial charge in [-0.2, -0.15) is 0 Å². The molecule has 0 heterocycles. The van der Waals surface area contributed by atoms with Gasteiger partial charge in [0.15, 0.2) is 0 Å². The first-order chi connectivity index (χ1) is 9.95. The molecule has 1 saturated carbocycles. The lowest BCUT2D eigenvalue weighted by Crippen LogP contribution is -2.37. The molecule has 0 aromatic carbocycles. The van der Waals surface area contributed by atoms with E-state index in [1.807, 2.05) is 0 Å². The molecule has 0 radical (unpaired) electrons. The van der Waals surface area contributed by atoms with E-state index in [9.17, 15) is 8.42 Å². The molecule has 2 N–H and O–H groups in total. The van der Waals surface area contributed by atoms with Gasteiger partial charge in [0.2, 0.25) is 0 Å². The third-order valence-corrected chi connectivity index (χ3v) is 6.66. The third kappa shape index (κ3) is 7.64. The molecule has 21 heavy (non-hydrogen) atoms. The Hall–Kier alpha value is -0.0900. The minimum absolute atomic E-state index is 0.142. The normalized spacial score (nSPS) is 24.9. The lowest BCUT2D eigenvalue weighted by atomic mass is 9.82. The molecule has 126 valence electrons. The zero-order valence-electron chi connectivity index (χ0n) is 14.0. The fraction of sp³-hybridized carbons (Fsp3) is 1.00. The Bertz CT molecular complexity index is 367. The van der Waals surface area contributed by atoms with Gasteiger partial charge < -0.3 is 5.73 Å². The molecule has 0 aromatic rings. The zero-order chi connectivity index (χ0) is 15.7. The van der Waals surface area contributed by atoms with Gasteiger partial charge in [-0.1, -0.05) is 58.3 Å². The van der Waals surface area contributed by atoms with Gasteiger partial charge in [-0.3, -0.25) is 0 Å². The van der Waals surface area contributed by atoms with Gasteiger partial charge in [0, 0.05) is 12.3 Å². The smallest absolute Gasteiger partial charge is 0.150 e. The Morgan fingerprint density at radius 3 is 2.29 bits per heavy atom. The summed E-state index contributed by atoms with van der Waals surface area (Å²) < 4.78 is 23.4. The summed E-state index contributed by atoms with van der Waals surface area (Å²) in [5.41, 5.74) is 6.32. The quantitative estimate of drug-likeness (QED) is 0.618. The van der Waals surface area contributed by atoms with Gasteiger partial charge in [0.05, 0.1) is 5.25 Å². The van der Waals surface area contributed by atoms with E-state index in [0.717, 1.165) is 32.1 Å². The molecule has 0 spiro atoms. The van der Waals surface area contributed by atoms with Gasteiger partial charge in [-0.05, 0) is 31.6 Å². The van der Waals surface area contributed by atoms with Crippen molar-refractivity contribution in [2.45, 2.75) is 95.3 Å². The molecule has 0 bridgehead atoms. The zero-order valence-corrected chi connectivity index (χ0v) is 14.8. The predicted molar refractivity (Wildman–Crippen MR) is 91.2 cm³/mol. The summed E-state index contributed by atoms with van der Waals surface area (Å²) in [5.74, 6) is 0.415. The molecule has 3 atom stereocenters. The van der Waals surface area contributed by atoms with Crippen molar-refractivity contribution < 1.29 is 8.42 Å². The largest absolute Gasteiger partial charge is 0.327 e. The van der Waals surface area contributed by atoms with E-state index in [0.29, 0.717) is 5.92 Å². The van der Waals surface area contributed by atoms with Crippen molar-refractivity contribution in [3.8, 4) is 0 Å². The predicted octanol–water partition coefficient (Wildman–Crippen LogP) is 4.06. The van der Waals surface area contributed by atoms with Crippen LogP contribution in [0.15, 0.2) is 0 Å². The summed E-state index contributed by atoms with van der Waals surface area (Å²) in [6.07, 6.45) is 15.4. The van der Waals surface area contributed by atoms with Crippen molar-refractivity contribution in [2.24, 2.45) is 11.7 Å². The molecule has 3 unspecified atom stereocenters. The molecule has 0 aromatic heterocycles. The Balaban J connectivity index is 2.18. The van der Waals surface area contributed by atoms with Crippen molar-refractivity contribution >= 4 is 9.84 Å². The van der Waals surface area contributed by atoms with Crippen LogP contribution >= 0.6 is 0 Å². The Labute approximate surface area is 132 Å². The molecular formula is C17H35NO2S. The maximum atomic E-state index is 11.7. The van der Waals surface area contributed by atoms with E-state index in [1.165, 1.54) is 51.2 Å². The Kier molecular flexibility index (Phi) is 8.88. The Morgan fingerprint density at radius 1 is 1.05 bits per heavy atom. The number of hydrogen-bond acceptors (Lipinski definition) is 3. The van der Waals surface area contributed by atoms with Crippen molar-refractivity contribution in [1.82, 2.24) is 0 Å². The van der Waals surface area contributed by atoms with Crippen LogP contribution in [0.25, 0.3) is 0 Å².